The predicted molar refractivity (Wildman–Crippen MR) is 116 cm³/mol. The Kier molecular flexibility index (Phi) is 6.48. The topological polar surface area (TPSA) is 68.2 Å². The minimum absolute atomic E-state index is 0.182. The number of morpholine rings is 1. The summed E-state index contributed by atoms with van der Waals surface area (Å²) in [6, 6.07) is 14.9. The second-order valence-corrected chi connectivity index (χ2v) is 8.83. The zero-order valence-electron chi connectivity index (χ0n) is 17.7. The van der Waals surface area contributed by atoms with Crippen LogP contribution in [0.15, 0.2) is 48.5 Å². The number of halogens is 1. The van der Waals surface area contributed by atoms with Crippen molar-refractivity contribution in [3.05, 3.63) is 59.1 Å². The summed E-state index contributed by atoms with van der Waals surface area (Å²) in [4.78, 5) is 13.2. The van der Waals surface area contributed by atoms with E-state index in [9.17, 15) is 9.90 Å². The monoisotopic (exact) mass is 433 g/mol. The van der Waals surface area contributed by atoms with E-state index in [1.54, 1.807) is 25.3 Å². The van der Waals surface area contributed by atoms with E-state index < -0.39 is 23.2 Å². The standard InChI is InChI=1S/C23H28ClNO5/c1-22(2,3)23(15-25(21(26)27)12-13-29-23)20(16-8-6-5-7-9-16)30-18-11-10-17(24)14-19(18)28-4/h5-11,14,20H,12-13,15H2,1-4H3,(H,26,27)/t20-,23-/m0/s1. The number of nitrogens with zero attached hydrogens (tertiary/aromatic N) is 1. The summed E-state index contributed by atoms with van der Waals surface area (Å²) in [5.74, 6) is 1.01. The van der Waals surface area contributed by atoms with E-state index in [1.165, 1.54) is 4.90 Å². The fourth-order valence-corrected chi connectivity index (χ4v) is 4.00. The Balaban J connectivity index is 2.14. The molecule has 6 nitrogen and oxygen atoms in total. The molecule has 2 aromatic carbocycles. The Morgan fingerprint density at radius 3 is 2.50 bits per heavy atom. The van der Waals surface area contributed by atoms with Gasteiger partial charge in [-0.25, -0.2) is 4.79 Å². The van der Waals surface area contributed by atoms with Crippen LogP contribution in [0.2, 0.25) is 5.02 Å². The van der Waals surface area contributed by atoms with E-state index in [1.807, 2.05) is 51.1 Å². The molecule has 1 saturated heterocycles. The lowest BCUT2D eigenvalue weighted by molar-refractivity contribution is -0.207. The average molecular weight is 434 g/mol. The van der Waals surface area contributed by atoms with Crippen LogP contribution in [0.1, 0.15) is 32.4 Å². The highest BCUT2D eigenvalue weighted by Crippen LogP contribution is 2.48. The van der Waals surface area contributed by atoms with Gasteiger partial charge >= 0.3 is 6.09 Å². The molecule has 0 unspecified atom stereocenters. The van der Waals surface area contributed by atoms with Gasteiger partial charge in [-0.05, 0) is 23.1 Å². The van der Waals surface area contributed by atoms with Gasteiger partial charge in [-0.15, -0.1) is 0 Å². The molecule has 0 radical (unpaired) electrons. The van der Waals surface area contributed by atoms with Gasteiger partial charge in [0.1, 0.15) is 5.60 Å². The molecule has 0 bridgehead atoms. The fourth-order valence-electron chi connectivity index (χ4n) is 3.84. The van der Waals surface area contributed by atoms with Gasteiger partial charge in [0.15, 0.2) is 17.6 Å². The Hall–Kier alpha value is -2.44. The van der Waals surface area contributed by atoms with E-state index in [4.69, 9.17) is 25.8 Å². The molecule has 0 aliphatic carbocycles. The molecule has 1 aliphatic heterocycles. The molecule has 2 aromatic rings. The van der Waals surface area contributed by atoms with E-state index in [0.29, 0.717) is 23.1 Å². The summed E-state index contributed by atoms with van der Waals surface area (Å²) in [5, 5.41) is 10.2. The van der Waals surface area contributed by atoms with Gasteiger partial charge in [-0.2, -0.15) is 0 Å². The third-order valence-electron chi connectivity index (χ3n) is 5.58. The van der Waals surface area contributed by atoms with Crippen LogP contribution in [0.25, 0.3) is 0 Å². The van der Waals surface area contributed by atoms with Crippen molar-refractivity contribution in [1.82, 2.24) is 4.90 Å². The third kappa shape index (κ3) is 4.35. The number of benzene rings is 2. The van der Waals surface area contributed by atoms with Crippen LogP contribution in [-0.4, -0.2) is 48.5 Å². The lowest BCUT2D eigenvalue weighted by Crippen LogP contribution is -2.63. The zero-order chi connectivity index (χ0) is 21.9. The van der Waals surface area contributed by atoms with Gasteiger partial charge in [0.05, 0.1) is 20.3 Å². The molecule has 2 atom stereocenters. The molecular weight excluding hydrogens is 406 g/mol. The summed E-state index contributed by atoms with van der Waals surface area (Å²) in [7, 11) is 1.55. The van der Waals surface area contributed by atoms with Crippen LogP contribution in [-0.2, 0) is 4.74 Å². The molecule has 7 heteroatoms. The average Bonchev–Trinajstić information content (AvgIpc) is 2.72. The van der Waals surface area contributed by atoms with E-state index in [2.05, 4.69) is 0 Å². The predicted octanol–water partition coefficient (Wildman–Crippen LogP) is 5.26. The first-order valence-electron chi connectivity index (χ1n) is 9.85. The zero-order valence-corrected chi connectivity index (χ0v) is 18.5. The maximum Gasteiger partial charge on any atom is 0.407 e. The first-order valence-corrected chi connectivity index (χ1v) is 10.2. The molecule has 1 amide bonds. The van der Waals surface area contributed by atoms with Gasteiger partial charge in [0.25, 0.3) is 0 Å². The minimum atomic E-state index is -0.970. The lowest BCUT2D eigenvalue weighted by atomic mass is 9.70. The van der Waals surface area contributed by atoms with E-state index in [0.717, 1.165) is 5.56 Å². The van der Waals surface area contributed by atoms with Crippen molar-refractivity contribution in [3.63, 3.8) is 0 Å². The minimum Gasteiger partial charge on any atom is -0.493 e. The highest BCUT2D eigenvalue weighted by molar-refractivity contribution is 6.30. The highest BCUT2D eigenvalue weighted by atomic mass is 35.5. The van der Waals surface area contributed by atoms with Gasteiger partial charge in [-0.3, -0.25) is 0 Å². The number of ether oxygens (including phenoxy) is 3. The molecule has 162 valence electrons. The molecule has 0 saturated carbocycles. The van der Waals surface area contributed by atoms with Crippen molar-refractivity contribution in [3.8, 4) is 11.5 Å². The van der Waals surface area contributed by atoms with Crippen LogP contribution in [0.5, 0.6) is 11.5 Å². The van der Waals surface area contributed by atoms with E-state index >= 15 is 0 Å². The summed E-state index contributed by atoms with van der Waals surface area (Å²) < 4.78 is 18.4. The molecular formula is C23H28ClNO5. The number of carboxylic acid groups (broad SMARTS) is 1. The van der Waals surface area contributed by atoms with Crippen molar-refractivity contribution >= 4 is 17.7 Å². The van der Waals surface area contributed by atoms with Gasteiger partial charge < -0.3 is 24.2 Å². The maximum atomic E-state index is 11.8. The first-order chi connectivity index (χ1) is 14.2. The van der Waals surface area contributed by atoms with Gasteiger partial charge in [0, 0.05) is 17.6 Å². The Morgan fingerprint density at radius 2 is 1.90 bits per heavy atom. The fraction of sp³-hybridized carbons (Fsp3) is 0.435. The molecule has 1 fully saturated rings. The van der Waals surface area contributed by atoms with Crippen LogP contribution in [0.4, 0.5) is 4.79 Å². The summed E-state index contributed by atoms with van der Waals surface area (Å²) in [6.07, 6.45) is -1.56. The Bertz CT molecular complexity index is 883. The molecule has 1 heterocycles. The SMILES string of the molecule is COc1cc(Cl)ccc1O[C@@H](c1ccccc1)[C@]1(C(C)(C)C)CN(C(=O)O)CCO1. The third-order valence-corrected chi connectivity index (χ3v) is 5.82. The van der Waals surface area contributed by atoms with Crippen LogP contribution >= 0.6 is 11.6 Å². The molecule has 3 rings (SSSR count). The van der Waals surface area contributed by atoms with Gasteiger partial charge in [-0.1, -0.05) is 62.7 Å². The Labute approximate surface area is 182 Å². The quantitative estimate of drug-likeness (QED) is 0.696. The molecule has 1 N–H and O–H groups in total. The first kappa shape index (κ1) is 22.2. The van der Waals surface area contributed by atoms with Crippen molar-refractivity contribution < 1.29 is 24.1 Å². The van der Waals surface area contributed by atoms with Crippen molar-refractivity contribution in [2.24, 2.45) is 5.41 Å². The second-order valence-electron chi connectivity index (χ2n) is 8.40. The van der Waals surface area contributed by atoms with Crippen molar-refractivity contribution in [1.29, 1.82) is 0 Å². The summed E-state index contributed by atoms with van der Waals surface area (Å²) in [6.45, 7) is 6.90. The van der Waals surface area contributed by atoms with Gasteiger partial charge in [0.2, 0.25) is 0 Å². The normalized spacial score (nSPS) is 20.5. The number of rotatable bonds is 5. The maximum absolute atomic E-state index is 11.8. The van der Waals surface area contributed by atoms with Crippen molar-refractivity contribution in [2.75, 3.05) is 26.8 Å². The number of methoxy groups -OCH3 is 1. The highest BCUT2D eigenvalue weighted by Gasteiger charge is 2.55. The van der Waals surface area contributed by atoms with Crippen LogP contribution < -0.4 is 9.47 Å². The van der Waals surface area contributed by atoms with Crippen LogP contribution in [0, 0.1) is 5.41 Å². The summed E-state index contributed by atoms with van der Waals surface area (Å²) in [5.41, 5.74) is -0.492. The largest absolute Gasteiger partial charge is 0.493 e. The molecule has 1 aliphatic rings. The molecule has 0 aromatic heterocycles. The Morgan fingerprint density at radius 1 is 1.20 bits per heavy atom. The smallest absolute Gasteiger partial charge is 0.407 e. The number of carbonyl (C=O) groups is 1. The number of hydrogen-bond acceptors (Lipinski definition) is 4. The van der Waals surface area contributed by atoms with Crippen LogP contribution in [0.3, 0.4) is 0 Å². The second kappa shape index (κ2) is 8.74. The molecule has 0 spiro atoms. The number of amides is 1. The number of hydrogen-bond donors (Lipinski definition) is 1. The van der Waals surface area contributed by atoms with E-state index in [-0.39, 0.29) is 13.2 Å². The molecule has 30 heavy (non-hydrogen) atoms. The summed E-state index contributed by atoms with van der Waals surface area (Å²) >= 11 is 6.12. The van der Waals surface area contributed by atoms with Crippen molar-refractivity contribution in [2.45, 2.75) is 32.5 Å². The lowest BCUT2D eigenvalue weighted by Gasteiger charge is -2.53.